The topological polar surface area (TPSA) is 125 Å². The molecular formula is C20H20BrClFN5O4. The minimum atomic E-state index is -0.462. The van der Waals surface area contributed by atoms with Crippen molar-refractivity contribution in [2.24, 2.45) is 0 Å². The van der Waals surface area contributed by atoms with Gasteiger partial charge >= 0.3 is 0 Å². The maximum Gasteiger partial charge on any atom is 0.277 e. The molecule has 4 N–H and O–H groups in total. The highest BCUT2D eigenvalue weighted by molar-refractivity contribution is 9.10. The van der Waals surface area contributed by atoms with E-state index in [2.05, 4.69) is 41.5 Å². The molecule has 32 heavy (non-hydrogen) atoms. The first-order valence-corrected chi connectivity index (χ1v) is 10.6. The Morgan fingerprint density at radius 3 is 2.72 bits per heavy atom. The molecule has 0 saturated heterocycles. The van der Waals surface area contributed by atoms with Crippen molar-refractivity contribution in [3.05, 3.63) is 62.5 Å². The van der Waals surface area contributed by atoms with Crippen molar-refractivity contribution in [3.8, 4) is 11.5 Å². The summed E-state index contributed by atoms with van der Waals surface area (Å²) in [5.74, 6) is 0.113. The second-order valence-corrected chi connectivity index (χ2v) is 7.81. The number of nitrogens with one attached hydrogen (secondary N) is 2. The van der Waals surface area contributed by atoms with Crippen molar-refractivity contribution in [1.29, 1.82) is 0 Å². The number of carbonyl (C=O) groups is 1. The number of rotatable bonds is 10. The third kappa shape index (κ3) is 6.09. The number of aromatic nitrogens is 2. The smallest absolute Gasteiger partial charge is 0.277 e. The Bertz CT molecular complexity index is 1100. The van der Waals surface area contributed by atoms with E-state index in [4.69, 9.17) is 26.8 Å². The Kier molecular flexibility index (Phi) is 8.26. The van der Waals surface area contributed by atoms with Gasteiger partial charge in [-0.2, -0.15) is 0 Å². The van der Waals surface area contributed by atoms with E-state index in [9.17, 15) is 9.18 Å². The maximum atomic E-state index is 13.2. The number of halogens is 3. The van der Waals surface area contributed by atoms with E-state index >= 15 is 0 Å². The van der Waals surface area contributed by atoms with Crippen LogP contribution in [0.15, 0.2) is 39.4 Å². The zero-order valence-corrected chi connectivity index (χ0v) is 19.3. The summed E-state index contributed by atoms with van der Waals surface area (Å²) in [4.78, 5) is 11.9. The molecule has 9 nitrogen and oxygen atoms in total. The standard InChI is InChI=1S/C20H20BrClFN5O4/c1-30-16-6-12(9-25-4-5-26-20(29)18-19(24)28-32-27-18)14(21)8-17(16)31-10-11-2-3-13(23)7-15(11)22/h2-3,6-8,25H,4-5,9-10H2,1H3,(H2,24,28)(H,26,29). The minimum Gasteiger partial charge on any atom is -0.493 e. The van der Waals surface area contributed by atoms with Gasteiger partial charge in [-0.1, -0.05) is 33.6 Å². The Labute approximate surface area is 196 Å². The van der Waals surface area contributed by atoms with Gasteiger partial charge in [0.05, 0.1) is 12.1 Å². The zero-order chi connectivity index (χ0) is 23.1. The summed E-state index contributed by atoms with van der Waals surface area (Å²) >= 11 is 9.58. The van der Waals surface area contributed by atoms with Gasteiger partial charge in [-0.15, -0.1) is 0 Å². The highest BCUT2D eigenvalue weighted by Crippen LogP contribution is 2.34. The fraction of sp³-hybridized carbons (Fsp3) is 0.250. The van der Waals surface area contributed by atoms with Gasteiger partial charge in [0, 0.05) is 29.7 Å². The van der Waals surface area contributed by atoms with Gasteiger partial charge in [0.25, 0.3) is 5.91 Å². The van der Waals surface area contributed by atoms with Gasteiger partial charge in [0.1, 0.15) is 12.4 Å². The molecule has 0 aliphatic carbocycles. The summed E-state index contributed by atoms with van der Waals surface area (Å²) in [7, 11) is 1.54. The molecule has 3 aromatic rings. The van der Waals surface area contributed by atoms with Crippen molar-refractivity contribution in [2.45, 2.75) is 13.2 Å². The highest BCUT2D eigenvalue weighted by atomic mass is 79.9. The normalized spacial score (nSPS) is 10.8. The summed E-state index contributed by atoms with van der Waals surface area (Å²) in [5.41, 5.74) is 7.01. The molecule has 1 amide bonds. The second-order valence-electron chi connectivity index (χ2n) is 6.55. The van der Waals surface area contributed by atoms with E-state index in [1.165, 1.54) is 19.2 Å². The lowest BCUT2D eigenvalue weighted by molar-refractivity contribution is 0.0944. The number of hydrogen-bond donors (Lipinski definition) is 3. The molecule has 1 heterocycles. The lowest BCUT2D eigenvalue weighted by atomic mass is 10.2. The fourth-order valence-corrected chi connectivity index (χ4v) is 3.39. The molecule has 0 aliphatic rings. The predicted molar refractivity (Wildman–Crippen MR) is 119 cm³/mol. The first-order valence-electron chi connectivity index (χ1n) is 9.39. The Morgan fingerprint density at radius 1 is 1.22 bits per heavy atom. The number of carbonyl (C=O) groups excluding carboxylic acids is 1. The van der Waals surface area contributed by atoms with Crippen LogP contribution in [0.5, 0.6) is 11.5 Å². The summed E-state index contributed by atoms with van der Waals surface area (Å²) in [5, 5.41) is 13.0. The number of hydrogen-bond acceptors (Lipinski definition) is 8. The Hall–Kier alpha value is -2.89. The fourth-order valence-electron chi connectivity index (χ4n) is 2.70. The number of anilines is 1. The average molecular weight is 529 g/mol. The summed E-state index contributed by atoms with van der Waals surface area (Å²) in [6.45, 7) is 1.50. The molecule has 3 rings (SSSR count). The molecule has 0 unspecified atom stereocenters. The van der Waals surface area contributed by atoms with Crippen LogP contribution in [-0.4, -0.2) is 36.4 Å². The molecule has 0 bridgehead atoms. The van der Waals surface area contributed by atoms with Crippen molar-refractivity contribution >= 4 is 39.3 Å². The molecule has 0 atom stereocenters. The van der Waals surface area contributed by atoms with E-state index in [1.54, 1.807) is 12.1 Å². The van der Waals surface area contributed by atoms with Crippen LogP contribution in [0.25, 0.3) is 0 Å². The molecule has 0 fully saturated rings. The molecule has 12 heteroatoms. The first-order chi connectivity index (χ1) is 15.4. The van der Waals surface area contributed by atoms with E-state index in [1.807, 2.05) is 6.07 Å². The van der Waals surface area contributed by atoms with Gasteiger partial charge in [-0.25, -0.2) is 9.02 Å². The number of nitrogens with two attached hydrogens (primary N) is 1. The van der Waals surface area contributed by atoms with Crippen molar-refractivity contribution < 1.29 is 23.3 Å². The summed E-state index contributed by atoms with van der Waals surface area (Å²) in [6.07, 6.45) is 0. The van der Waals surface area contributed by atoms with Crippen LogP contribution in [0.2, 0.25) is 5.02 Å². The van der Waals surface area contributed by atoms with Crippen molar-refractivity contribution in [3.63, 3.8) is 0 Å². The molecule has 0 saturated carbocycles. The monoisotopic (exact) mass is 527 g/mol. The minimum absolute atomic E-state index is 0.0463. The molecule has 0 radical (unpaired) electrons. The molecule has 170 valence electrons. The second kappa shape index (κ2) is 11.1. The predicted octanol–water partition coefficient (Wildman–Crippen LogP) is 3.31. The Morgan fingerprint density at radius 2 is 2.03 bits per heavy atom. The van der Waals surface area contributed by atoms with Gasteiger partial charge < -0.3 is 25.8 Å². The molecule has 2 aromatic carbocycles. The third-order valence-corrected chi connectivity index (χ3v) is 5.45. The molecule has 1 aromatic heterocycles. The molecule has 0 aliphatic heterocycles. The lowest BCUT2D eigenvalue weighted by Gasteiger charge is -2.15. The van der Waals surface area contributed by atoms with E-state index < -0.39 is 11.7 Å². The van der Waals surface area contributed by atoms with Crippen LogP contribution in [0, 0.1) is 5.82 Å². The Balaban J connectivity index is 1.52. The number of ether oxygens (including phenoxy) is 2. The van der Waals surface area contributed by atoms with Crippen molar-refractivity contribution in [2.75, 3.05) is 25.9 Å². The van der Waals surface area contributed by atoms with Crippen LogP contribution in [0.4, 0.5) is 10.2 Å². The SMILES string of the molecule is COc1cc(CNCCNC(=O)c2nonc2N)c(Br)cc1OCc1ccc(F)cc1Cl. The van der Waals surface area contributed by atoms with E-state index in [0.717, 1.165) is 10.0 Å². The summed E-state index contributed by atoms with van der Waals surface area (Å²) < 4.78 is 29.7. The van der Waals surface area contributed by atoms with Crippen molar-refractivity contribution in [1.82, 2.24) is 20.9 Å². The van der Waals surface area contributed by atoms with Gasteiger partial charge in [0.15, 0.2) is 11.5 Å². The highest BCUT2D eigenvalue weighted by Gasteiger charge is 2.15. The van der Waals surface area contributed by atoms with Crippen LogP contribution < -0.4 is 25.8 Å². The number of benzene rings is 2. The van der Waals surface area contributed by atoms with Gasteiger partial charge in [-0.05, 0) is 40.1 Å². The molecular weight excluding hydrogens is 509 g/mol. The third-order valence-electron chi connectivity index (χ3n) is 4.36. The maximum absolute atomic E-state index is 13.2. The largest absolute Gasteiger partial charge is 0.493 e. The van der Waals surface area contributed by atoms with Crippen LogP contribution in [0.1, 0.15) is 21.6 Å². The first kappa shape index (κ1) is 23.8. The number of nitrogen functional groups attached to an aromatic ring is 1. The number of nitrogens with zero attached hydrogens (tertiary/aromatic N) is 2. The van der Waals surface area contributed by atoms with E-state index in [0.29, 0.717) is 41.7 Å². The lowest BCUT2D eigenvalue weighted by Crippen LogP contribution is -2.32. The van der Waals surface area contributed by atoms with Crippen LogP contribution in [-0.2, 0) is 13.2 Å². The molecule has 0 spiro atoms. The number of amides is 1. The quantitative estimate of drug-likeness (QED) is 0.342. The average Bonchev–Trinajstić information content (AvgIpc) is 3.19. The number of methoxy groups -OCH3 is 1. The van der Waals surface area contributed by atoms with Crippen LogP contribution >= 0.6 is 27.5 Å². The summed E-state index contributed by atoms with van der Waals surface area (Å²) in [6, 6.07) is 7.76. The van der Waals surface area contributed by atoms with Gasteiger partial charge in [0.2, 0.25) is 11.5 Å². The van der Waals surface area contributed by atoms with Crippen LogP contribution in [0.3, 0.4) is 0 Å². The van der Waals surface area contributed by atoms with E-state index in [-0.39, 0.29) is 18.1 Å². The van der Waals surface area contributed by atoms with Gasteiger partial charge in [-0.3, -0.25) is 4.79 Å². The zero-order valence-electron chi connectivity index (χ0n) is 17.0.